The first-order valence-corrected chi connectivity index (χ1v) is 6.15. The Balaban J connectivity index is 2.66. The Labute approximate surface area is 81.8 Å². The second kappa shape index (κ2) is 4.90. The quantitative estimate of drug-likeness (QED) is 0.809. The van der Waals surface area contributed by atoms with E-state index in [1.54, 1.807) is 23.1 Å². The fraction of sp³-hybridized carbons (Fsp3) is 0.556. The largest absolute Gasteiger partial charge is 0.396 e. The van der Waals surface area contributed by atoms with Gasteiger partial charge in [-0.05, 0) is 25.3 Å². The van der Waals surface area contributed by atoms with Gasteiger partial charge in [-0.3, -0.25) is 0 Å². The van der Waals surface area contributed by atoms with Crippen LogP contribution >= 0.6 is 23.1 Å². The molecular weight excluding hydrogens is 188 g/mol. The van der Waals surface area contributed by atoms with Crippen LogP contribution in [0.5, 0.6) is 0 Å². The molecule has 0 fully saturated rings. The molecule has 1 N–H and O–H groups in total. The number of thiophene rings is 1. The first-order chi connectivity index (χ1) is 5.77. The van der Waals surface area contributed by atoms with E-state index in [-0.39, 0.29) is 6.61 Å². The Bertz CT molecular complexity index is 232. The third kappa shape index (κ3) is 2.51. The molecule has 1 heterocycles. The van der Waals surface area contributed by atoms with Gasteiger partial charge < -0.3 is 5.11 Å². The molecule has 1 unspecified atom stereocenters. The summed E-state index contributed by atoms with van der Waals surface area (Å²) in [4.78, 5) is 2.63. The van der Waals surface area contributed by atoms with Gasteiger partial charge in [0.15, 0.2) is 0 Å². The van der Waals surface area contributed by atoms with Crippen LogP contribution in [0.15, 0.2) is 12.1 Å². The highest BCUT2D eigenvalue weighted by atomic mass is 32.2. The van der Waals surface area contributed by atoms with Crippen LogP contribution in [0.4, 0.5) is 0 Å². The number of aryl methyl sites for hydroxylation is 1. The lowest BCUT2D eigenvalue weighted by molar-refractivity contribution is 0.276. The van der Waals surface area contributed by atoms with Crippen LogP contribution in [0, 0.1) is 6.92 Å². The Morgan fingerprint density at radius 1 is 1.58 bits per heavy atom. The predicted octanol–water partition coefficient (Wildman–Crippen LogP) is 2.50. The topological polar surface area (TPSA) is 20.2 Å². The third-order valence-electron chi connectivity index (χ3n) is 1.75. The summed E-state index contributed by atoms with van der Waals surface area (Å²) >= 11 is 3.57. The minimum atomic E-state index is 0.265. The van der Waals surface area contributed by atoms with E-state index in [9.17, 15) is 0 Å². The molecule has 0 aliphatic carbocycles. The van der Waals surface area contributed by atoms with Crippen molar-refractivity contribution in [1.82, 2.24) is 0 Å². The zero-order chi connectivity index (χ0) is 8.97. The van der Waals surface area contributed by atoms with E-state index in [4.69, 9.17) is 5.11 Å². The van der Waals surface area contributed by atoms with Gasteiger partial charge in [0.05, 0.1) is 6.61 Å². The zero-order valence-electron chi connectivity index (χ0n) is 7.41. The summed E-state index contributed by atoms with van der Waals surface area (Å²) in [5.41, 5.74) is 0. The van der Waals surface area contributed by atoms with E-state index in [0.29, 0.717) is 5.92 Å². The van der Waals surface area contributed by atoms with E-state index >= 15 is 0 Å². The maximum atomic E-state index is 9.11. The number of rotatable bonds is 4. The number of aliphatic hydroxyl groups excluding tert-OH is 1. The lowest BCUT2D eigenvalue weighted by atomic mass is 10.1. The molecule has 1 aromatic heterocycles. The van der Waals surface area contributed by atoms with Crippen LogP contribution in [0.1, 0.15) is 15.7 Å². The molecule has 0 radical (unpaired) electrons. The fourth-order valence-corrected chi connectivity index (χ4v) is 2.86. The molecular formula is C9H14OS2. The molecule has 3 heteroatoms. The predicted molar refractivity (Wildman–Crippen MR) is 57.3 cm³/mol. The molecule has 0 spiro atoms. The van der Waals surface area contributed by atoms with Crippen molar-refractivity contribution in [3.05, 3.63) is 21.9 Å². The molecule has 1 nitrogen and oxygen atoms in total. The first-order valence-electron chi connectivity index (χ1n) is 3.94. The molecule has 0 aliphatic heterocycles. The van der Waals surface area contributed by atoms with E-state index in [2.05, 4.69) is 25.3 Å². The SMILES string of the molecule is CSCC(CO)c1ccc(C)s1. The average molecular weight is 202 g/mol. The summed E-state index contributed by atoms with van der Waals surface area (Å²) in [5.74, 6) is 1.34. The summed E-state index contributed by atoms with van der Waals surface area (Å²) in [6.45, 7) is 2.36. The summed E-state index contributed by atoms with van der Waals surface area (Å²) < 4.78 is 0. The van der Waals surface area contributed by atoms with Gasteiger partial charge in [-0.1, -0.05) is 0 Å². The van der Waals surface area contributed by atoms with Crippen LogP contribution in [0.25, 0.3) is 0 Å². The summed E-state index contributed by atoms with van der Waals surface area (Å²) in [6, 6.07) is 4.24. The molecule has 0 aromatic carbocycles. The average Bonchev–Trinajstić information content (AvgIpc) is 2.47. The highest BCUT2D eigenvalue weighted by Gasteiger charge is 2.10. The van der Waals surface area contributed by atoms with Gasteiger partial charge in [0.25, 0.3) is 0 Å². The molecule has 1 aromatic rings. The fourth-order valence-electron chi connectivity index (χ4n) is 1.10. The minimum Gasteiger partial charge on any atom is -0.396 e. The Hall–Kier alpha value is 0.01000. The van der Waals surface area contributed by atoms with Crippen molar-refractivity contribution >= 4 is 23.1 Å². The van der Waals surface area contributed by atoms with Crippen molar-refractivity contribution in [2.45, 2.75) is 12.8 Å². The Morgan fingerprint density at radius 2 is 2.33 bits per heavy atom. The van der Waals surface area contributed by atoms with Crippen molar-refractivity contribution in [2.24, 2.45) is 0 Å². The lowest BCUT2D eigenvalue weighted by Crippen LogP contribution is -2.04. The van der Waals surface area contributed by atoms with Gasteiger partial charge in [-0.2, -0.15) is 11.8 Å². The van der Waals surface area contributed by atoms with Crippen molar-refractivity contribution in [3.8, 4) is 0 Å². The van der Waals surface area contributed by atoms with Crippen LogP contribution in [0.2, 0.25) is 0 Å². The monoisotopic (exact) mass is 202 g/mol. The molecule has 1 rings (SSSR count). The van der Waals surface area contributed by atoms with E-state index in [1.807, 2.05) is 0 Å². The normalized spacial score (nSPS) is 13.2. The molecule has 0 bridgehead atoms. The highest BCUT2D eigenvalue weighted by Crippen LogP contribution is 2.26. The van der Waals surface area contributed by atoms with Gasteiger partial charge in [0, 0.05) is 21.4 Å². The summed E-state index contributed by atoms with van der Waals surface area (Å²) in [7, 11) is 0. The summed E-state index contributed by atoms with van der Waals surface area (Å²) in [5, 5.41) is 9.11. The Kier molecular flexibility index (Phi) is 4.12. The smallest absolute Gasteiger partial charge is 0.0515 e. The molecule has 0 saturated carbocycles. The molecule has 12 heavy (non-hydrogen) atoms. The van der Waals surface area contributed by atoms with E-state index < -0.39 is 0 Å². The summed E-state index contributed by atoms with van der Waals surface area (Å²) in [6.07, 6.45) is 2.07. The Morgan fingerprint density at radius 3 is 2.75 bits per heavy atom. The molecule has 0 amide bonds. The van der Waals surface area contributed by atoms with Gasteiger partial charge in [0.1, 0.15) is 0 Å². The van der Waals surface area contributed by atoms with Gasteiger partial charge in [-0.15, -0.1) is 11.3 Å². The van der Waals surface area contributed by atoms with E-state index in [1.165, 1.54) is 9.75 Å². The zero-order valence-corrected chi connectivity index (χ0v) is 9.04. The van der Waals surface area contributed by atoms with Gasteiger partial charge >= 0.3 is 0 Å². The molecule has 1 atom stereocenters. The van der Waals surface area contributed by atoms with Gasteiger partial charge in [-0.25, -0.2) is 0 Å². The molecule has 0 aliphatic rings. The molecule has 0 saturated heterocycles. The second-order valence-corrected chi connectivity index (χ2v) is 5.01. The number of aliphatic hydroxyl groups is 1. The maximum Gasteiger partial charge on any atom is 0.0515 e. The first kappa shape index (κ1) is 10.1. The standard InChI is InChI=1S/C9H14OS2/c1-7-3-4-9(12-7)8(5-10)6-11-2/h3-4,8,10H,5-6H2,1-2H3. The second-order valence-electron chi connectivity index (χ2n) is 2.78. The van der Waals surface area contributed by atoms with Crippen LogP contribution in [-0.4, -0.2) is 23.7 Å². The van der Waals surface area contributed by atoms with Crippen molar-refractivity contribution in [2.75, 3.05) is 18.6 Å². The van der Waals surface area contributed by atoms with Gasteiger partial charge in [0.2, 0.25) is 0 Å². The van der Waals surface area contributed by atoms with Crippen LogP contribution in [-0.2, 0) is 0 Å². The lowest BCUT2D eigenvalue weighted by Gasteiger charge is -2.09. The molecule has 68 valence electrons. The highest BCUT2D eigenvalue weighted by molar-refractivity contribution is 7.98. The van der Waals surface area contributed by atoms with E-state index in [0.717, 1.165) is 5.75 Å². The van der Waals surface area contributed by atoms with Crippen LogP contribution < -0.4 is 0 Å². The number of thioether (sulfide) groups is 1. The van der Waals surface area contributed by atoms with Crippen molar-refractivity contribution in [1.29, 1.82) is 0 Å². The van der Waals surface area contributed by atoms with Crippen molar-refractivity contribution < 1.29 is 5.11 Å². The third-order valence-corrected chi connectivity index (χ3v) is 3.65. The van der Waals surface area contributed by atoms with Crippen LogP contribution in [0.3, 0.4) is 0 Å². The number of hydrogen-bond donors (Lipinski definition) is 1. The minimum absolute atomic E-state index is 0.265. The number of hydrogen-bond acceptors (Lipinski definition) is 3. The maximum absolute atomic E-state index is 9.11. The van der Waals surface area contributed by atoms with Crippen molar-refractivity contribution in [3.63, 3.8) is 0 Å².